The zero-order valence-corrected chi connectivity index (χ0v) is 9.81. The smallest absolute Gasteiger partial charge is 0.109 e. The Bertz CT molecular complexity index is 348. The predicted octanol–water partition coefficient (Wildman–Crippen LogP) is 2.92. The Morgan fingerprint density at radius 1 is 1.67 bits per heavy atom. The first-order valence-electron chi connectivity index (χ1n) is 5.49. The van der Waals surface area contributed by atoms with Gasteiger partial charge in [-0.05, 0) is 36.6 Å². The molecule has 1 fully saturated rings. The molecule has 1 atom stereocenters. The molecule has 2 rings (SSSR count). The number of rotatable bonds is 5. The van der Waals surface area contributed by atoms with Crippen molar-refractivity contribution in [1.82, 2.24) is 5.32 Å². The molecule has 3 heteroatoms. The van der Waals surface area contributed by atoms with E-state index in [1.165, 1.54) is 17.7 Å². The normalized spacial score (nSPS) is 19.5. The molecular weight excluding hydrogens is 204 g/mol. The summed E-state index contributed by atoms with van der Waals surface area (Å²) in [5, 5.41) is 14.8. The van der Waals surface area contributed by atoms with Gasteiger partial charge in [0.05, 0.1) is 6.07 Å². The van der Waals surface area contributed by atoms with Gasteiger partial charge in [-0.1, -0.05) is 13.0 Å². The molecule has 1 aliphatic carbocycles. The summed E-state index contributed by atoms with van der Waals surface area (Å²) < 4.78 is 0. The quantitative estimate of drug-likeness (QED) is 0.828. The molecule has 0 spiro atoms. The van der Waals surface area contributed by atoms with Crippen molar-refractivity contribution in [2.75, 3.05) is 0 Å². The van der Waals surface area contributed by atoms with E-state index in [4.69, 9.17) is 0 Å². The Balaban J connectivity index is 1.98. The first-order chi connectivity index (χ1) is 7.30. The van der Waals surface area contributed by atoms with E-state index in [1.54, 1.807) is 11.3 Å². The second-order valence-electron chi connectivity index (χ2n) is 4.14. The van der Waals surface area contributed by atoms with Crippen LogP contribution >= 0.6 is 11.3 Å². The van der Waals surface area contributed by atoms with Gasteiger partial charge >= 0.3 is 0 Å². The van der Waals surface area contributed by atoms with Gasteiger partial charge in [0.15, 0.2) is 0 Å². The second-order valence-corrected chi connectivity index (χ2v) is 5.18. The molecule has 0 radical (unpaired) electrons. The van der Waals surface area contributed by atoms with Crippen molar-refractivity contribution in [1.29, 1.82) is 5.26 Å². The number of nitriles is 1. The molecule has 1 aromatic heterocycles. The van der Waals surface area contributed by atoms with E-state index in [2.05, 4.69) is 35.8 Å². The van der Waals surface area contributed by atoms with Crippen LogP contribution in [0, 0.1) is 17.2 Å². The lowest BCUT2D eigenvalue weighted by molar-refractivity contribution is 0.352. The largest absolute Gasteiger partial charge is 0.294 e. The van der Waals surface area contributed by atoms with Gasteiger partial charge in [-0.3, -0.25) is 5.32 Å². The Labute approximate surface area is 94.9 Å². The third-order valence-corrected chi connectivity index (χ3v) is 4.07. The predicted molar refractivity (Wildman–Crippen MR) is 62.5 cm³/mol. The minimum absolute atomic E-state index is 0.274. The van der Waals surface area contributed by atoms with Crippen LogP contribution in [0.5, 0.6) is 0 Å². The molecule has 1 unspecified atom stereocenters. The third-order valence-electron chi connectivity index (χ3n) is 3.19. The molecule has 1 N–H and O–H groups in total. The molecule has 0 saturated heterocycles. The topological polar surface area (TPSA) is 35.8 Å². The molecule has 1 saturated carbocycles. The van der Waals surface area contributed by atoms with Gasteiger partial charge in [0.2, 0.25) is 0 Å². The van der Waals surface area contributed by atoms with E-state index in [1.807, 2.05) is 0 Å². The fourth-order valence-electron chi connectivity index (χ4n) is 2.00. The van der Waals surface area contributed by atoms with Gasteiger partial charge < -0.3 is 0 Å². The lowest BCUT2D eigenvalue weighted by Crippen LogP contribution is -2.44. The molecule has 15 heavy (non-hydrogen) atoms. The SMILES string of the molecule is CCC(C#N)(NCc1cccs1)C1CC1. The maximum atomic E-state index is 9.31. The van der Waals surface area contributed by atoms with Crippen molar-refractivity contribution >= 4 is 11.3 Å². The van der Waals surface area contributed by atoms with Crippen LogP contribution in [0.4, 0.5) is 0 Å². The zero-order chi connectivity index (χ0) is 10.7. The van der Waals surface area contributed by atoms with Crippen LogP contribution < -0.4 is 5.32 Å². The van der Waals surface area contributed by atoms with Crippen LogP contribution in [-0.2, 0) is 6.54 Å². The van der Waals surface area contributed by atoms with E-state index < -0.39 is 0 Å². The van der Waals surface area contributed by atoms with E-state index in [0.29, 0.717) is 5.92 Å². The molecule has 2 nitrogen and oxygen atoms in total. The summed E-state index contributed by atoms with van der Waals surface area (Å²) in [5.74, 6) is 0.576. The highest BCUT2D eigenvalue weighted by Gasteiger charge is 2.43. The average Bonchev–Trinajstić information content (AvgIpc) is 2.99. The summed E-state index contributed by atoms with van der Waals surface area (Å²) in [4.78, 5) is 1.31. The van der Waals surface area contributed by atoms with Gasteiger partial charge in [0.25, 0.3) is 0 Å². The summed E-state index contributed by atoms with van der Waals surface area (Å²) in [5.41, 5.74) is -0.274. The lowest BCUT2D eigenvalue weighted by atomic mass is 9.92. The molecule has 0 bridgehead atoms. The number of nitrogens with one attached hydrogen (secondary N) is 1. The van der Waals surface area contributed by atoms with Gasteiger partial charge in [-0.25, -0.2) is 0 Å². The van der Waals surface area contributed by atoms with Gasteiger partial charge in [0, 0.05) is 11.4 Å². The number of hydrogen-bond acceptors (Lipinski definition) is 3. The highest BCUT2D eigenvalue weighted by Crippen LogP contribution is 2.41. The Kier molecular flexibility index (Phi) is 3.08. The number of nitrogens with zero attached hydrogens (tertiary/aromatic N) is 1. The van der Waals surface area contributed by atoms with Gasteiger partial charge in [-0.15, -0.1) is 11.3 Å². The standard InChI is InChI=1S/C12H16N2S/c1-2-12(9-13,10-5-6-10)14-8-11-4-3-7-15-11/h3-4,7,10,14H,2,5-6,8H2,1H3. The first kappa shape index (κ1) is 10.7. The Morgan fingerprint density at radius 2 is 2.47 bits per heavy atom. The van der Waals surface area contributed by atoms with Gasteiger partial charge in [0.1, 0.15) is 5.54 Å². The number of hydrogen-bond donors (Lipinski definition) is 1. The minimum Gasteiger partial charge on any atom is -0.294 e. The monoisotopic (exact) mass is 220 g/mol. The van der Waals surface area contributed by atoms with Crippen molar-refractivity contribution in [2.24, 2.45) is 5.92 Å². The highest BCUT2D eigenvalue weighted by atomic mass is 32.1. The zero-order valence-electron chi connectivity index (χ0n) is 8.99. The van der Waals surface area contributed by atoms with Crippen molar-refractivity contribution in [3.05, 3.63) is 22.4 Å². The van der Waals surface area contributed by atoms with Crippen molar-refractivity contribution in [3.8, 4) is 6.07 Å². The molecule has 0 aliphatic heterocycles. The maximum Gasteiger partial charge on any atom is 0.109 e. The van der Waals surface area contributed by atoms with E-state index in [-0.39, 0.29) is 5.54 Å². The molecule has 1 heterocycles. The third kappa shape index (κ3) is 2.22. The van der Waals surface area contributed by atoms with Crippen LogP contribution in [0.15, 0.2) is 17.5 Å². The Hall–Kier alpha value is -0.850. The fourth-order valence-corrected chi connectivity index (χ4v) is 2.65. The summed E-state index contributed by atoms with van der Waals surface area (Å²) >= 11 is 1.74. The molecule has 80 valence electrons. The minimum atomic E-state index is -0.274. The summed E-state index contributed by atoms with van der Waals surface area (Å²) in [6.45, 7) is 2.93. The highest BCUT2D eigenvalue weighted by molar-refractivity contribution is 7.09. The van der Waals surface area contributed by atoms with Crippen molar-refractivity contribution in [3.63, 3.8) is 0 Å². The van der Waals surface area contributed by atoms with Crippen LogP contribution in [0.25, 0.3) is 0 Å². The van der Waals surface area contributed by atoms with E-state index in [0.717, 1.165) is 13.0 Å². The van der Waals surface area contributed by atoms with Crippen molar-refractivity contribution in [2.45, 2.75) is 38.3 Å². The van der Waals surface area contributed by atoms with Crippen LogP contribution in [0.1, 0.15) is 31.1 Å². The van der Waals surface area contributed by atoms with Gasteiger partial charge in [-0.2, -0.15) is 5.26 Å². The number of thiophene rings is 1. The summed E-state index contributed by atoms with van der Waals surface area (Å²) in [7, 11) is 0. The average molecular weight is 220 g/mol. The Morgan fingerprint density at radius 3 is 2.93 bits per heavy atom. The molecule has 0 aromatic carbocycles. The molecule has 1 aromatic rings. The molecular formula is C12H16N2S. The summed E-state index contributed by atoms with van der Waals surface area (Å²) in [6, 6.07) is 6.65. The van der Waals surface area contributed by atoms with E-state index in [9.17, 15) is 5.26 Å². The first-order valence-corrected chi connectivity index (χ1v) is 6.37. The second kappa shape index (κ2) is 4.34. The molecule has 1 aliphatic rings. The molecule has 0 amide bonds. The van der Waals surface area contributed by atoms with E-state index >= 15 is 0 Å². The lowest BCUT2D eigenvalue weighted by Gasteiger charge is -2.26. The van der Waals surface area contributed by atoms with Crippen LogP contribution in [-0.4, -0.2) is 5.54 Å². The maximum absolute atomic E-state index is 9.31. The van der Waals surface area contributed by atoms with Crippen LogP contribution in [0.3, 0.4) is 0 Å². The fraction of sp³-hybridized carbons (Fsp3) is 0.583. The van der Waals surface area contributed by atoms with Crippen LogP contribution in [0.2, 0.25) is 0 Å². The van der Waals surface area contributed by atoms with Crippen molar-refractivity contribution < 1.29 is 0 Å². The summed E-state index contributed by atoms with van der Waals surface area (Å²) in [6.07, 6.45) is 3.32.